The third-order valence-corrected chi connectivity index (χ3v) is 4.46. The van der Waals surface area contributed by atoms with E-state index in [-0.39, 0.29) is 0 Å². The lowest BCUT2D eigenvalue weighted by atomic mass is 9.89. The van der Waals surface area contributed by atoms with Crippen molar-refractivity contribution in [3.63, 3.8) is 0 Å². The Balaban J connectivity index is 1.48. The second-order valence-electron chi connectivity index (χ2n) is 5.78. The summed E-state index contributed by atoms with van der Waals surface area (Å²) in [6.45, 7) is 2.31. The first-order valence-electron chi connectivity index (χ1n) is 7.73. The maximum Gasteiger partial charge on any atom is 0.0339 e. The number of nitrogens with one attached hydrogen (secondary N) is 1. The second-order valence-corrected chi connectivity index (χ2v) is 6.39. The van der Waals surface area contributed by atoms with Crippen molar-refractivity contribution >= 4 is 11.6 Å². The van der Waals surface area contributed by atoms with Gasteiger partial charge in [-0.3, -0.25) is 0 Å². The topological polar surface area (TPSA) is 12.0 Å². The fourth-order valence-electron chi connectivity index (χ4n) is 2.94. The quantitative estimate of drug-likeness (QED) is 0.576. The zero-order chi connectivity index (χ0) is 13.3. The molecule has 0 bridgehead atoms. The van der Waals surface area contributed by atoms with Crippen molar-refractivity contribution in [2.45, 2.75) is 50.3 Å². The number of hydrogen-bond acceptors (Lipinski definition) is 1. The minimum absolute atomic E-state index is 0.429. The van der Waals surface area contributed by atoms with Crippen LogP contribution in [0.3, 0.4) is 0 Å². The molecular formula is C17H26ClN. The van der Waals surface area contributed by atoms with Crippen molar-refractivity contribution in [2.75, 3.05) is 13.1 Å². The number of rotatable bonds is 7. The molecule has 1 nitrogen and oxygen atoms in total. The molecule has 0 spiro atoms. The van der Waals surface area contributed by atoms with E-state index < -0.39 is 0 Å². The summed E-state index contributed by atoms with van der Waals surface area (Å²) in [5.41, 5.74) is 1.46. The summed E-state index contributed by atoms with van der Waals surface area (Å²) in [7, 11) is 0. The Kier molecular flexibility index (Phi) is 6.73. The van der Waals surface area contributed by atoms with Crippen molar-refractivity contribution in [1.82, 2.24) is 5.32 Å². The molecular weight excluding hydrogens is 254 g/mol. The van der Waals surface area contributed by atoms with E-state index in [2.05, 4.69) is 35.6 Å². The molecule has 2 atom stereocenters. The van der Waals surface area contributed by atoms with Crippen molar-refractivity contribution in [3.8, 4) is 0 Å². The van der Waals surface area contributed by atoms with Crippen LogP contribution >= 0.6 is 11.6 Å². The second kappa shape index (κ2) is 8.60. The third-order valence-electron chi connectivity index (χ3n) is 4.06. The van der Waals surface area contributed by atoms with E-state index in [4.69, 9.17) is 11.6 Å². The van der Waals surface area contributed by atoms with Crippen LogP contribution in [0.2, 0.25) is 0 Å². The fourth-order valence-corrected chi connectivity index (χ4v) is 3.35. The molecule has 19 heavy (non-hydrogen) atoms. The highest BCUT2D eigenvalue weighted by atomic mass is 35.5. The molecule has 2 rings (SSSR count). The monoisotopic (exact) mass is 279 g/mol. The van der Waals surface area contributed by atoms with Gasteiger partial charge in [-0.15, -0.1) is 11.6 Å². The largest absolute Gasteiger partial charge is 0.316 e. The molecule has 0 heterocycles. The highest BCUT2D eigenvalue weighted by molar-refractivity contribution is 6.20. The number of aryl methyl sites for hydroxylation is 1. The maximum atomic E-state index is 6.21. The number of hydrogen-bond donors (Lipinski definition) is 1. The Morgan fingerprint density at radius 3 is 2.74 bits per heavy atom. The first kappa shape index (κ1) is 14.9. The van der Waals surface area contributed by atoms with Gasteiger partial charge < -0.3 is 5.32 Å². The average Bonchev–Trinajstić information content (AvgIpc) is 2.44. The number of alkyl halides is 1. The first-order valence-corrected chi connectivity index (χ1v) is 8.17. The smallest absolute Gasteiger partial charge is 0.0339 e. The Bertz CT molecular complexity index is 338. The van der Waals surface area contributed by atoms with E-state index in [1.165, 1.54) is 50.5 Å². The molecule has 2 heteroatoms. The maximum absolute atomic E-state index is 6.21. The Hall–Kier alpha value is -0.530. The summed E-state index contributed by atoms with van der Waals surface area (Å²) in [5, 5.41) is 4.03. The molecule has 1 aliphatic carbocycles. The van der Waals surface area contributed by atoms with Crippen LogP contribution in [0.15, 0.2) is 30.3 Å². The van der Waals surface area contributed by atoms with Gasteiger partial charge in [-0.1, -0.05) is 36.8 Å². The van der Waals surface area contributed by atoms with Crippen molar-refractivity contribution in [3.05, 3.63) is 35.9 Å². The normalized spacial score (nSPS) is 23.4. The van der Waals surface area contributed by atoms with Gasteiger partial charge in [-0.25, -0.2) is 0 Å². The van der Waals surface area contributed by atoms with Crippen molar-refractivity contribution < 1.29 is 0 Å². The molecule has 0 aromatic heterocycles. The van der Waals surface area contributed by atoms with E-state index in [0.717, 1.165) is 19.0 Å². The standard InChI is InChI=1S/C17H26ClN/c18-17-11-6-10-16(13-17)14-19-12-5-4-9-15-7-2-1-3-8-15/h1-3,7-8,16-17,19H,4-6,9-14H2. The van der Waals surface area contributed by atoms with Gasteiger partial charge in [0.25, 0.3) is 0 Å². The van der Waals surface area contributed by atoms with Gasteiger partial charge in [0.05, 0.1) is 0 Å². The van der Waals surface area contributed by atoms with E-state index >= 15 is 0 Å². The van der Waals surface area contributed by atoms with Gasteiger partial charge in [0.2, 0.25) is 0 Å². The van der Waals surface area contributed by atoms with E-state index in [1.54, 1.807) is 0 Å². The molecule has 0 amide bonds. The molecule has 106 valence electrons. The Morgan fingerprint density at radius 1 is 1.11 bits per heavy atom. The Morgan fingerprint density at radius 2 is 1.95 bits per heavy atom. The lowest BCUT2D eigenvalue weighted by Gasteiger charge is -2.25. The zero-order valence-corrected chi connectivity index (χ0v) is 12.5. The van der Waals surface area contributed by atoms with Crippen LogP contribution in [0.4, 0.5) is 0 Å². The van der Waals surface area contributed by atoms with Crippen LogP contribution in [0.5, 0.6) is 0 Å². The number of halogens is 1. The fraction of sp³-hybridized carbons (Fsp3) is 0.647. The predicted molar refractivity (Wildman–Crippen MR) is 83.8 cm³/mol. The summed E-state index contributed by atoms with van der Waals surface area (Å²) < 4.78 is 0. The summed E-state index contributed by atoms with van der Waals surface area (Å²) in [6.07, 6.45) is 8.85. The molecule has 1 fully saturated rings. The van der Waals surface area contributed by atoms with Gasteiger partial charge in [-0.05, 0) is 63.1 Å². The molecule has 1 aromatic carbocycles. The molecule has 2 unspecified atom stereocenters. The van der Waals surface area contributed by atoms with Gasteiger partial charge in [-0.2, -0.15) is 0 Å². The van der Waals surface area contributed by atoms with Crippen LogP contribution in [0.25, 0.3) is 0 Å². The van der Waals surface area contributed by atoms with Crippen molar-refractivity contribution in [1.29, 1.82) is 0 Å². The molecule has 0 radical (unpaired) electrons. The van der Waals surface area contributed by atoms with Crippen LogP contribution in [-0.2, 0) is 6.42 Å². The van der Waals surface area contributed by atoms with Gasteiger partial charge >= 0.3 is 0 Å². The first-order chi connectivity index (χ1) is 9.34. The minimum Gasteiger partial charge on any atom is -0.316 e. The number of unbranched alkanes of at least 4 members (excludes halogenated alkanes) is 1. The van der Waals surface area contributed by atoms with E-state index in [0.29, 0.717) is 5.38 Å². The highest BCUT2D eigenvalue weighted by Gasteiger charge is 2.19. The molecule has 1 N–H and O–H groups in total. The zero-order valence-electron chi connectivity index (χ0n) is 11.8. The molecule has 0 saturated heterocycles. The van der Waals surface area contributed by atoms with Crippen LogP contribution in [0.1, 0.15) is 44.1 Å². The SMILES string of the molecule is ClC1CCCC(CNCCCCc2ccccc2)C1. The minimum atomic E-state index is 0.429. The molecule has 0 aliphatic heterocycles. The van der Waals surface area contributed by atoms with Gasteiger partial charge in [0.15, 0.2) is 0 Å². The van der Waals surface area contributed by atoms with Crippen molar-refractivity contribution in [2.24, 2.45) is 5.92 Å². The number of benzene rings is 1. The summed E-state index contributed by atoms with van der Waals surface area (Å²) in [6, 6.07) is 10.8. The lowest BCUT2D eigenvalue weighted by molar-refractivity contribution is 0.346. The average molecular weight is 280 g/mol. The predicted octanol–water partition coefficient (Wildman–Crippen LogP) is 4.40. The summed E-state index contributed by atoms with van der Waals surface area (Å²) in [5.74, 6) is 0.811. The van der Waals surface area contributed by atoms with Gasteiger partial charge in [0, 0.05) is 5.38 Å². The van der Waals surface area contributed by atoms with Crippen LogP contribution in [0, 0.1) is 5.92 Å². The van der Waals surface area contributed by atoms with Gasteiger partial charge in [0.1, 0.15) is 0 Å². The summed E-state index contributed by atoms with van der Waals surface area (Å²) in [4.78, 5) is 0. The third kappa shape index (κ3) is 5.97. The molecule has 1 aliphatic rings. The molecule has 1 aromatic rings. The molecule has 1 saturated carbocycles. The van der Waals surface area contributed by atoms with Crippen LogP contribution in [-0.4, -0.2) is 18.5 Å². The van der Waals surface area contributed by atoms with Crippen LogP contribution < -0.4 is 5.32 Å². The summed E-state index contributed by atoms with van der Waals surface area (Å²) >= 11 is 6.21. The lowest BCUT2D eigenvalue weighted by Crippen LogP contribution is -2.28. The van der Waals surface area contributed by atoms with E-state index in [9.17, 15) is 0 Å². The van der Waals surface area contributed by atoms with E-state index in [1.807, 2.05) is 0 Å². The Labute approximate surface area is 122 Å². The highest BCUT2D eigenvalue weighted by Crippen LogP contribution is 2.27.